The number of amides is 1. The molecule has 3 heterocycles. The van der Waals surface area contributed by atoms with Crippen molar-refractivity contribution in [2.24, 2.45) is 0 Å². The van der Waals surface area contributed by atoms with Crippen LogP contribution in [0.4, 0.5) is 0 Å². The van der Waals surface area contributed by atoms with Gasteiger partial charge in [-0.15, -0.1) is 0 Å². The lowest BCUT2D eigenvalue weighted by molar-refractivity contribution is -0.141. The Balaban J connectivity index is 1.42. The quantitative estimate of drug-likeness (QED) is 0.681. The highest BCUT2D eigenvalue weighted by molar-refractivity contribution is 5.78. The van der Waals surface area contributed by atoms with Crippen LogP contribution in [0.3, 0.4) is 0 Å². The molecule has 1 atom stereocenters. The standard InChI is InChI=1S/C21H20N4O3/c26-21(14-28-17-5-2-1-3-6-17)25-9-10-27-20(13-25)19-8-4-7-18(24-19)16-11-22-15-23-12-16/h1-8,11-12,15,20H,9-10,13-14H2. The van der Waals surface area contributed by atoms with Gasteiger partial charge in [0.15, 0.2) is 6.61 Å². The summed E-state index contributed by atoms with van der Waals surface area (Å²) in [5.41, 5.74) is 2.39. The van der Waals surface area contributed by atoms with E-state index in [4.69, 9.17) is 9.47 Å². The van der Waals surface area contributed by atoms with E-state index >= 15 is 0 Å². The molecule has 1 saturated heterocycles. The van der Waals surface area contributed by atoms with Crippen molar-refractivity contribution in [3.8, 4) is 17.0 Å². The Morgan fingerprint density at radius 3 is 2.75 bits per heavy atom. The lowest BCUT2D eigenvalue weighted by Gasteiger charge is -2.32. The number of rotatable bonds is 5. The predicted octanol–water partition coefficient (Wildman–Crippen LogP) is 2.52. The predicted molar refractivity (Wildman–Crippen MR) is 102 cm³/mol. The van der Waals surface area contributed by atoms with Crippen molar-refractivity contribution < 1.29 is 14.3 Å². The number of carbonyl (C=O) groups excluding carboxylic acids is 1. The minimum absolute atomic E-state index is 0.00551. The summed E-state index contributed by atoms with van der Waals surface area (Å²) in [7, 11) is 0. The molecule has 0 aliphatic carbocycles. The van der Waals surface area contributed by atoms with Gasteiger partial charge in [-0.05, 0) is 24.3 Å². The van der Waals surface area contributed by atoms with E-state index in [1.807, 2.05) is 48.5 Å². The molecule has 28 heavy (non-hydrogen) atoms. The van der Waals surface area contributed by atoms with Gasteiger partial charge in [0.1, 0.15) is 18.2 Å². The first-order valence-corrected chi connectivity index (χ1v) is 9.09. The third-order valence-corrected chi connectivity index (χ3v) is 4.48. The van der Waals surface area contributed by atoms with E-state index in [0.717, 1.165) is 17.0 Å². The van der Waals surface area contributed by atoms with E-state index in [9.17, 15) is 4.79 Å². The molecule has 1 amide bonds. The topological polar surface area (TPSA) is 77.4 Å². The first-order chi connectivity index (χ1) is 13.8. The molecule has 4 rings (SSSR count). The highest BCUT2D eigenvalue weighted by atomic mass is 16.5. The number of para-hydroxylation sites is 1. The molecule has 7 heteroatoms. The van der Waals surface area contributed by atoms with E-state index in [1.165, 1.54) is 6.33 Å². The molecular formula is C21H20N4O3. The van der Waals surface area contributed by atoms with Gasteiger partial charge >= 0.3 is 0 Å². The molecule has 0 N–H and O–H groups in total. The third-order valence-electron chi connectivity index (χ3n) is 4.48. The lowest BCUT2D eigenvalue weighted by Crippen LogP contribution is -2.44. The van der Waals surface area contributed by atoms with E-state index < -0.39 is 0 Å². The SMILES string of the molecule is O=C(COc1ccccc1)N1CCOC(c2cccc(-c3cncnc3)n2)C1. The van der Waals surface area contributed by atoms with Gasteiger partial charge in [0.2, 0.25) is 0 Å². The number of aromatic nitrogens is 3. The first-order valence-electron chi connectivity index (χ1n) is 9.09. The number of hydrogen-bond acceptors (Lipinski definition) is 6. The summed E-state index contributed by atoms with van der Waals surface area (Å²) in [6.45, 7) is 1.45. The van der Waals surface area contributed by atoms with Gasteiger partial charge in [-0.2, -0.15) is 0 Å². The molecule has 1 fully saturated rings. The molecule has 2 aromatic heterocycles. The van der Waals surface area contributed by atoms with Gasteiger partial charge in [0.05, 0.1) is 24.5 Å². The maximum absolute atomic E-state index is 12.5. The second-order valence-corrected chi connectivity index (χ2v) is 6.38. The van der Waals surface area contributed by atoms with E-state index in [1.54, 1.807) is 17.3 Å². The van der Waals surface area contributed by atoms with Crippen LogP contribution in [0, 0.1) is 0 Å². The molecule has 0 spiro atoms. The summed E-state index contributed by atoms with van der Waals surface area (Å²) < 4.78 is 11.4. The smallest absolute Gasteiger partial charge is 0.260 e. The molecule has 1 aliphatic rings. The van der Waals surface area contributed by atoms with Gasteiger partial charge in [0.25, 0.3) is 5.91 Å². The zero-order chi connectivity index (χ0) is 19.2. The number of ether oxygens (including phenoxy) is 2. The van der Waals surface area contributed by atoms with Crippen molar-refractivity contribution in [3.63, 3.8) is 0 Å². The number of hydrogen-bond donors (Lipinski definition) is 0. The zero-order valence-corrected chi connectivity index (χ0v) is 15.3. The second kappa shape index (κ2) is 8.58. The largest absolute Gasteiger partial charge is 0.484 e. The third kappa shape index (κ3) is 4.32. The Labute approximate surface area is 163 Å². The highest BCUT2D eigenvalue weighted by Gasteiger charge is 2.26. The van der Waals surface area contributed by atoms with Gasteiger partial charge in [-0.3, -0.25) is 4.79 Å². The summed E-state index contributed by atoms with van der Waals surface area (Å²) in [6.07, 6.45) is 4.65. The van der Waals surface area contributed by atoms with E-state index in [0.29, 0.717) is 25.4 Å². The molecule has 142 valence electrons. The van der Waals surface area contributed by atoms with Crippen molar-refractivity contribution in [1.29, 1.82) is 0 Å². The van der Waals surface area contributed by atoms with Crippen molar-refractivity contribution in [1.82, 2.24) is 19.9 Å². The summed E-state index contributed by atoms with van der Waals surface area (Å²) in [5, 5.41) is 0. The van der Waals surface area contributed by atoms with Crippen molar-refractivity contribution in [2.45, 2.75) is 6.10 Å². The van der Waals surface area contributed by atoms with Gasteiger partial charge in [-0.25, -0.2) is 15.0 Å². The molecule has 3 aromatic rings. The Morgan fingerprint density at radius 2 is 1.93 bits per heavy atom. The fourth-order valence-electron chi connectivity index (χ4n) is 3.03. The van der Waals surface area contributed by atoms with Crippen molar-refractivity contribution in [3.05, 3.63) is 72.9 Å². The van der Waals surface area contributed by atoms with E-state index in [-0.39, 0.29) is 18.6 Å². The highest BCUT2D eigenvalue weighted by Crippen LogP contribution is 2.24. The molecule has 0 bridgehead atoms. The summed E-state index contributed by atoms with van der Waals surface area (Å²) in [5.74, 6) is 0.616. The maximum atomic E-state index is 12.5. The lowest BCUT2D eigenvalue weighted by atomic mass is 10.1. The van der Waals surface area contributed by atoms with Gasteiger partial charge in [-0.1, -0.05) is 24.3 Å². The fourth-order valence-corrected chi connectivity index (χ4v) is 3.03. The molecule has 1 aromatic carbocycles. The fraction of sp³-hybridized carbons (Fsp3) is 0.238. The van der Waals surface area contributed by atoms with Gasteiger partial charge < -0.3 is 14.4 Å². The number of pyridine rings is 1. The van der Waals surface area contributed by atoms with Crippen molar-refractivity contribution in [2.75, 3.05) is 26.3 Å². The van der Waals surface area contributed by atoms with Crippen LogP contribution in [0.5, 0.6) is 5.75 Å². The normalized spacial score (nSPS) is 16.6. The number of carbonyl (C=O) groups is 1. The van der Waals surface area contributed by atoms with Crippen LogP contribution in [0.25, 0.3) is 11.3 Å². The van der Waals surface area contributed by atoms with E-state index in [2.05, 4.69) is 15.0 Å². The van der Waals surface area contributed by atoms with Crippen LogP contribution in [0.15, 0.2) is 67.3 Å². The van der Waals surface area contributed by atoms with Crippen LogP contribution in [-0.2, 0) is 9.53 Å². The van der Waals surface area contributed by atoms with Crippen LogP contribution in [0.2, 0.25) is 0 Å². The first kappa shape index (κ1) is 18.1. The molecule has 0 saturated carbocycles. The average molecular weight is 376 g/mol. The average Bonchev–Trinajstić information content (AvgIpc) is 2.79. The van der Waals surface area contributed by atoms with Gasteiger partial charge in [0, 0.05) is 24.5 Å². The van der Waals surface area contributed by atoms with Crippen molar-refractivity contribution >= 4 is 5.91 Å². The van der Waals surface area contributed by atoms with Crippen LogP contribution in [0.1, 0.15) is 11.8 Å². The Kier molecular flexibility index (Phi) is 5.53. The maximum Gasteiger partial charge on any atom is 0.260 e. The second-order valence-electron chi connectivity index (χ2n) is 6.38. The summed E-state index contributed by atoms with van der Waals surface area (Å²) >= 11 is 0. The minimum atomic E-state index is -0.279. The number of benzene rings is 1. The number of morpholine rings is 1. The Bertz CT molecular complexity index is 921. The van der Waals surface area contributed by atoms with Crippen LogP contribution in [-0.4, -0.2) is 52.1 Å². The molecule has 7 nitrogen and oxygen atoms in total. The summed E-state index contributed by atoms with van der Waals surface area (Å²) in [4.78, 5) is 27.1. The Hall–Kier alpha value is -3.32. The van der Waals surface area contributed by atoms with Crippen LogP contribution < -0.4 is 4.74 Å². The Morgan fingerprint density at radius 1 is 1.11 bits per heavy atom. The zero-order valence-electron chi connectivity index (χ0n) is 15.3. The minimum Gasteiger partial charge on any atom is -0.484 e. The van der Waals surface area contributed by atoms with Crippen LogP contribution >= 0.6 is 0 Å². The molecule has 0 radical (unpaired) electrons. The summed E-state index contributed by atoms with van der Waals surface area (Å²) in [6, 6.07) is 15.1. The number of nitrogens with zero attached hydrogens (tertiary/aromatic N) is 4. The molecular weight excluding hydrogens is 356 g/mol. The molecule has 1 unspecified atom stereocenters. The monoisotopic (exact) mass is 376 g/mol. The molecule has 1 aliphatic heterocycles.